The van der Waals surface area contributed by atoms with Gasteiger partial charge in [0.25, 0.3) is 0 Å². The molecule has 1 aliphatic rings. The maximum atomic E-state index is 13.1. The van der Waals surface area contributed by atoms with Crippen molar-refractivity contribution in [2.45, 2.75) is 57.7 Å². The summed E-state index contributed by atoms with van der Waals surface area (Å²) < 4.78 is 18.5. The second kappa shape index (κ2) is 7.05. The molecule has 0 unspecified atom stereocenters. The van der Waals surface area contributed by atoms with Crippen molar-refractivity contribution < 1.29 is 13.9 Å². The van der Waals surface area contributed by atoms with Crippen molar-refractivity contribution in [2.75, 3.05) is 6.54 Å². The lowest BCUT2D eigenvalue weighted by Crippen LogP contribution is -2.59. The van der Waals surface area contributed by atoms with Crippen molar-refractivity contribution in [3.63, 3.8) is 0 Å². The number of benzene rings is 1. The third-order valence-corrected chi connectivity index (χ3v) is 4.14. The summed E-state index contributed by atoms with van der Waals surface area (Å²) in [7, 11) is 0. The Hall–Kier alpha value is -1.33. The summed E-state index contributed by atoms with van der Waals surface area (Å²) in [6, 6.07) is 4.67. The Bertz CT molecular complexity index is 568. The molecule has 0 heterocycles. The average molecular weight is 343 g/mol. The Balaban J connectivity index is 1.84. The number of nitrogens with one attached hydrogen (secondary N) is 2. The van der Waals surface area contributed by atoms with E-state index in [1.54, 1.807) is 12.1 Å². The quantitative estimate of drug-likeness (QED) is 0.849. The molecule has 1 fully saturated rings. The molecule has 0 spiro atoms. The van der Waals surface area contributed by atoms with Crippen LogP contribution in [0.2, 0.25) is 5.02 Å². The van der Waals surface area contributed by atoms with Crippen LogP contribution in [0.4, 0.5) is 9.18 Å². The highest BCUT2D eigenvalue weighted by Crippen LogP contribution is 2.31. The fraction of sp³-hybridized carbons (Fsp3) is 0.588. The van der Waals surface area contributed by atoms with Crippen molar-refractivity contribution in [1.29, 1.82) is 0 Å². The van der Waals surface area contributed by atoms with E-state index in [9.17, 15) is 9.18 Å². The van der Waals surface area contributed by atoms with E-state index >= 15 is 0 Å². The van der Waals surface area contributed by atoms with Gasteiger partial charge in [-0.3, -0.25) is 0 Å². The number of halogens is 2. The Kier molecular flexibility index (Phi) is 5.53. The van der Waals surface area contributed by atoms with Gasteiger partial charge in [0.2, 0.25) is 0 Å². The summed E-state index contributed by atoms with van der Waals surface area (Å²) in [5.41, 5.74) is 0.141. The minimum atomic E-state index is -0.507. The van der Waals surface area contributed by atoms with Gasteiger partial charge in [-0.25, -0.2) is 9.18 Å². The number of ether oxygens (including phenoxy) is 1. The topological polar surface area (TPSA) is 50.4 Å². The normalized spacial score (nSPS) is 16.6. The molecule has 0 aliphatic heterocycles. The first-order chi connectivity index (χ1) is 10.7. The smallest absolute Gasteiger partial charge is 0.408 e. The molecular weight excluding hydrogens is 319 g/mol. The number of carbonyl (C=O) groups excluding carboxylic acids is 1. The van der Waals surface area contributed by atoms with Gasteiger partial charge in [-0.1, -0.05) is 17.7 Å². The predicted octanol–water partition coefficient (Wildman–Crippen LogP) is 4.02. The van der Waals surface area contributed by atoms with E-state index in [1.807, 2.05) is 20.8 Å². The lowest BCUT2D eigenvalue weighted by Gasteiger charge is -2.42. The van der Waals surface area contributed by atoms with E-state index in [2.05, 4.69) is 10.6 Å². The van der Waals surface area contributed by atoms with Gasteiger partial charge in [-0.05, 0) is 57.7 Å². The van der Waals surface area contributed by atoms with Gasteiger partial charge in [0.15, 0.2) is 0 Å². The Morgan fingerprint density at radius 2 is 2.09 bits per heavy atom. The van der Waals surface area contributed by atoms with Gasteiger partial charge in [-0.15, -0.1) is 0 Å². The Morgan fingerprint density at radius 3 is 2.61 bits per heavy atom. The van der Waals surface area contributed by atoms with E-state index in [4.69, 9.17) is 16.3 Å². The van der Waals surface area contributed by atoms with Gasteiger partial charge in [0.1, 0.15) is 11.4 Å². The van der Waals surface area contributed by atoms with Crippen molar-refractivity contribution in [1.82, 2.24) is 10.6 Å². The molecule has 0 bridgehead atoms. The minimum Gasteiger partial charge on any atom is -0.444 e. The van der Waals surface area contributed by atoms with Crippen molar-refractivity contribution in [3.05, 3.63) is 34.6 Å². The summed E-state index contributed by atoms with van der Waals surface area (Å²) in [5.74, 6) is -0.419. The zero-order chi connectivity index (χ0) is 17.1. The summed E-state index contributed by atoms with van der Waals surface area (Å²) in [6.07, 6.45) is 2.54. The van der Waals surface area contributed by atoms with E-state index in [-0.39, 0.29) is 16.7 Å². The molecule has 0 radical (unpaired) electrons. The van der Waals surface area contributed by atoms with Crippen LogP contribution in [-0.2, 0) is 11.3 Å². The number of amides is 1. The second-order valence-corrected chi connectivity index (χ2v) is 7.52. The largest absolute Gasteiger partial charge is 0.444 e. The average Bonchev–Trinajstić information content (AvgIpc) is 2.37. The molecule has 128 valence electrons. The standard InChI is InChI=1S/C17H24ClFN2O2/c1-16(2,3)23-15(22)21-17(7-4-8-17)11-20-10-12-5-6-14(19)13(18)9-12/h5-6,9,20H,4,7-8,10-11H2,1-3H3,(H,21,22). The number of alkyl carbamates (subject to hydrolysis) is 1. The van der Waals surface area contributed by atoms with Crippen molar-refractivity contribution in [3.8, 4) is 0 Å². The lowest BCUT2D eigenvalue weighted by molar-refractivity contribution is 0.0382. The van der Waals surface area contributed by atoms with Crippen LogP contribution >= 0.6 is 11.6 Å². The zero-order valence-corrected chi connectivity index (χ0v) is 14.6. The molecule has 1 aromatic rings. The molecule has 2 rings (SSSR count). The highest BCUT2D eigenvalue weighted by Gasteiger charge is 2.39. The van der Waals surface area contributed by atoms with Crippen LogP contribution in [0.3, 0.4) is 0 Å². The first-order valence-corrected chi connectivity index (χ1v) is 8.23. The minimum absolute atomic E-state index is 0.120. The Labute approximate surface area is 141 Å². The van der Waals surface area contributed by atoms with Crippen LogP contribution in [0.5, 0.6) is 0 Å². The van der Waals surface area contributed by atoms with Crippen molar-refractivity contribution in [2.24, 2.45) is 0 Å². The van der Waals surface area contributed by atoms with E-state index in [0.29, 0.717) is 13.1 Å². The van der Waals surface area contributed by atoms with Crippen LogP contribution < -0.4 is 10.6 Å². The molecule has 1 amide bonds. The first-order valence-electron chi connectivity index (χ1n) is 7.85. The molecule has 2 N–H and O–H groups in total. The van der Waals surface area contributed by atoms with Crippen LogP contribution in [0.15, 0.2) is 18.2 Å². The van der Waals surface area contributed by atoms with Gasteiger partial charge >= 0.3 is 6.09 Å². The van der Waals surface area contributed by atoms with Gasteiger partial charge in [0, 0.05) is 13.1 Å². The lowest BCUT2D eigenvalue weighted by atomic mass is 9.76. The molecular formula is C17H24ClFN2O2. The predicted molar refractivity (Wildman–Crippen MR) is 89.1 cm³/mol. The summed E-state index contributed by atoms with van der Waals surface area (Å²) in [6.45, 7) is 6.74. The molecule has 0 aromatic heterocycles. The number of rotatable bonds is 5. The highest BCUT2D eigenvalue weighted by atomic mass is 35.5. The molecule has 1 saturated carbocycles. The number of hydrogen-bond acceptors (Lipinski definition) is 3. The summed E-state index contributed by atoms with van der Waals surface area (Å²) >= 11 is 5.78. The van der Waals surface area contributed by atoms with E-state index < -0.39 is 11.4 Å². The number of carbonyl (C=O) groups is 1. The van der Waals surface area contributed by atoms with E-state index in [1.165, 1.54) is 6.07 Å². The number of hydrogen-bond donors (Lipinski definition) is 2. The maximum absolute atomic E-state index is 13.1. The molecule has 4 nitrogen and oxygen atoms in total. The molecule has 1 aliphatic carbocycles. The zero-order valence-electron chi connectivity index (χ0n) is 13.8. The highest BCUT2D eigenvalue weighted by molar-refractivity contribution is 6.30. The molecule has 0 saturated heterocycles. The van der Waals surface area contributed by atoms with Crippen LogP contribution in [0.1, 0.15) is 45.6 Å². The van der Waals surface area contributed by atoms with Crippen LogP contribution in [0, 0.1) is 5.82 Å². The summed E-state index contributed by atoms with van der Waals surface area (Å²) in [5, 5.41) is 6.41. The summed E-state index contributed by atoms with van der Waals surface area (Å²) in [4.78, 5) is 12.0. The van der Waals surface area contributed by atoms with Gasteiger partial charge in [-0.2, -0.15) is 0 Å². The van der Waals surface area contributed by atoms with Crippen LogP contribution in [-0.4, -0.2) is 23.8 Å². The fourth-order valence-corrected chi connectivity index (χ4v) is 2.77. The Morgan fingerprint density at radius 1 is 1.39 bits per heavy atom. The van der Waals surface area contributed by atoms with Crippen molar-refractivity contribution >= 4 is 17.7 Å². The molecule has 23 heavy (non-hydrogen) atoms. The second-order valence-electron chi connectivity index (χ2n) is 7.11. The van der Waals surface area contributed by atoms with Crippen LogP contribution in [0.25, 0.3) is 0 Å². The van der Waals surface area contributed by atoms with E-state index in [0.717, 1.165) is 24.8 Å². The van der Waals surface area contributed by atoms with Gasteiger partial charge < -0.3 is 15.4 Å². The fourth-order valence-electron chi connectivity index (χ4n) is 2.57. The third kappa shape index (κ3) is 5.36. The monoisotopic (exact) mass is 342 g/mol. The molecule has 1 aromatic carbocycles. The molecule has 6 heteroatoms. The maximum Gasteiger partial charge on any atom is 0.408 e. The molecule has 0 atom stereocenters. The van der Waals surface area contributed by atoms with Gasteiger partial charge in [0.05, 0.1) is 10.6 Å². The third-order valence-electron chi connectivity index (χ3n) is 3.85. The first kappa shape index (κ1) is 18.0. The SMILES string of the molecule is CC(C)(C)OC(=O)NC1(CNCc2ccc(F)c(Cl)c2)CCC1.